The summed E-state index contributed by atoms with van der Waals surface area (Å²) in [7, 11) is 1.68. The number of ether oxygens (including phenoxy) is 1. The number of carbonyl (C=O) groups is 1. The molecule has 0 radical (unpaired) electrons. The standard InChI is InChI=1S/C16H18N2O2/c1-20-14-6-5-12-3-2-4-13(15(12)11-14)7-9-18-10-8-17-16(18)19/h2-6,11H,7-10H2,1H3,(H,17,19). The third kappa shape index (κ3) is 2.41. The van der Waals surface area contributed by atoms with Gasteiger partial charge in [0.2, 0.25) is 0 Å². The number of nitrogens with one attached hydrogen (secondary N) is 1. The average Bonchev–Trinajstić information content (AvgIpc) is 2.89. The van der Waals surface area contributed by atoms with E-state index in [4.69, 9.17) is 4.74 Å². The molecule has 1 aliphatic heterocycles. The van der Waals surface area contributed by atoms with Crippen molar-refractivity contribution in [1.82, 2.24) is 10.2 Å². The summed E-state index contributed by atoms with van der Waals surface area (Å²) in [6.45, 7) is 2.30. The van der Waals surface area contributed by atoms with Gasteiger partial charge in [-0.25, -0.2) is 4.79 Å². The van der Waals surface area contributed by atoms with Crippen molar-refractivity contribution in [3.63, 3.8) is 0 Å². The number of rotatable bonds is 4. The van der Waals surface area contributed by atoms with E-state index in [1.54, 1.807) is 7.11 Å². The molecule has 2 aromatic rings. The van der Waals surface area contributed by atoms with Crippen LogP contribution in [0.25, 0.3) is 10.8 Å². The minimum atomic E-state index is 0.0443. The molecule has 0 unspecified atom stereocenters. The molecule has 0 bridgehead atoms. The Bertz CT molecular complexity index is 639. The highest BCUT2D eigenvalue weighted by atomic mass is 16.5. The second kappa shape index (κ2) is 5.41. The summed E-state index contributed by atoms with van der Waals surface area (Å²) < 4.78 is 5.30. The molecule has 0 atom stereocenters. The molecule has 2 amide bonds. The first-order valence-corrected chi connectivity index (χ1v) is 6.86. The number of methoxy groups -OCH3 is 1. The van der Waals surface area contributed by atoms with Crippen LogP contribution in [-0.2, 0) is 6.42 Å². The summed E-state index contributed by atoms with van der Waals surface area (Å²) in [5, 5.41) is 5.23. The zero-order valence-electron chi connectivity index (χ0n) is 11.6. The number of amides is 2. The fourth-order valence-corrected chi connectivity index (χ4v) is 2.64. The van der Waals surface area contributed by atoms with Gasteiger partial charge in [-0.2, -0.15) is 0 Å². The Morgan fingerprint density at radius 2 is 2.20 bits per heavy atom. The van der Waals surface area contributed by atoms with E-state index in [2.05, 4.69) is 35.6 Å². The molecule has 1 aliphatic rings. The highest BCUT2D eigenvalue weighted by molar-refractivity contribution is 5.87. The molecule has 0 saturated carbocycles. The number of benzene rings is 2. The van der Waals surface area contributed by atoms with Gasteiger partial charge in [-0.3, -0.25) is 0 Å². The van der Waals surface area contributed by atoms with Gasteiger partial charge < -0.3 is 15.0 Å². The minimum Gasteiger partial charge on any atom is -0.497 e. The van der Waals surface area contributed by atoms with Crippen molar-refractivity contribution in [2.75, 3.05) is 26.7 Å². The normalized spacial score (nSPS) is 14.7. The van der Waals surface area contributed by atoms with Crippen molar-refractivity contribution in [1.29, 1.82) is 0 Å². The van der Waals surface area contributed by atoms with Crippen LogP contribution in [0.1, 0.15) is 5.56 Å². The van der Waals surface area contributed by atoms with Crippen LogP contribution in [0.2, 0.25) is 0 Å². The fraction of sp³-hybridized carbons (Fsp3) is 0.312. The summed E-state index contributed by atoms with van der Waals surface area (Å²) in [5.41, 5.74) is 1.25. The van der Waals surface area contributed by atoms with E-state index in [0.29, 0.717) is 0 Å². The number of fused-ring (bicyclic) bond motifs is 1. The summed E-state index contributed by atoms with van der Waals surface area (Å²) in [4.78, 5) is 13.4. The number of urea groups is 1. The van der Waals surface area contributed by atoms with Crippen molar-refractivity contribution >= 4 is 16.8 Å². The topological polar surface area (TPSA) is 41.6 Å². The van der Waals surface area contributed by atoms with Crippen LogP contribution in [0.5, 0.6) is 5.75 Å². The molecular formula is C16H18N2O2. The van der Waals surface area contributed by atoms with Crippen LogP contribution < -0.4 is 10.1 Å². The van der Waals surface area contributed by atoms with Gasteiger partial charge in [0.05, 0.1) is 7.11 Å². The zero-order valence-corrected chi connectivity index (χ0v) is 11.6. The first kappa shape index (κ1) is 12.8. The number of hydrogen-bond donors (Lipinski definition) is 1. The van der Waals surface area contributed by atoms with E-state index in [-0.39, 0.29) is 6.03 Å². The molecule has 1 heterocycles. The highest BCUT2D eigenvalue weighted by Gasteiger charge is 2.18. The Hall–Kier alpha value is -2.23. The Kier molecular flexibility index (Phi) is 3.46. The lowest BCUT2D eigenvalue weighted by molar-refractivity contribution is 0.218. The maximum absolute atomic E-state index is 11.6. The van der Waals surface area contributed by atoms with Gasteiger partial charge in [0, 0.05) is 19.6 Å². The molecule has 1 N–H and O–H groups in total. The lowest BCUT2D eigenvalue weighted by Gasteiger charge is -2.15. The van der Waals surface area contributed by atoms with Gasteiger partial charge >= 0.3 is 6.03 Å². The number of nitrogens with zero attached hydrogens (tertiary/aromatic N) is 1. The van der Waals surface area contributed by atoms with E-state index in [9.17, 15) is 4.79 Å². The van der Waals surface area contributed by atoms with Gasteiger partial charge in [-0.15, -0.1) is 0 Å². The van der Waals surface area contributed by atoms with Crippen LogP contribution in [0, 0.1) is 0 Å². The largest absolute Gasteiger partial charge is 0.497 e. The van der Waals surface area contributed by atoms with Gasteiger partial charge in [-0.05, 0) is 34.9 Å². The van der Waals surface area contributed by atoms with E-state index < -0.39 is 0 Å². The summed E-state index contributed by atoms with van der Waals surface area (Å²) >= 11 is 0. The van der Waals surface area contributed by atoms with Crippen molar-refractivity contribution in [3.05, 3.63) is 42.0 Å². The molecule has 4 nitrogen and oxygen atoms in total. The molecule has 20 heavy (non-hydrogen) atoms. The van der Waals surface area contributed by atoms with Crippen LogP contribution in [0.3, 0.4) is 0 Å². The third-order valence-electron chi connectivity index (χ3n) is 3.78. The Morgan fingerprint density at radius 3 is 2.95 bits per heavy atom. The molecule has 2 aromatic carbocycles. The fourth-order valence-electron chi connectivity index (χ4n) is 2.64. The second-order valence-electron chi connectivity index (χ2n) is 4.97. The zero-order chi connectivity index (χ0) is 13.9. The van der Waals surface area contributed by atoms with Gasteiger partial charge in [0.1, 0.15) is 5.75 Å². The first-order chi connectivity index (χ1) is 9.78. The molecule has 0 spiro atoms. The maximum Gasteiger partial charge on any atom is 0.317 e. The minimum absolute atomic E-state index is 0.0443. The van der Waals surface area contributed by atoms with Crippen molar-refractivity contribution in [2.24, 2.45) is 0 Å². The molecular weight excluding hydrogens is 252 g/mol. The van der Waals surface area contributed by atoms with Crippen LogP contribution >= 0.6 is 0 Å². The Morgan fingerprint density at radius 1 is 1.30 bits per heavy atom. The SMILES string of the molecule is COc1ccc2cccc(CCN3CCNC3=O)c2c1. The Balaban J connectivity index is 1.84. The van der Waals surface area contributed by atoms with E-state index in [1.165, 1.54) is 16.3 Å². The molecule has 1 fully saturated rings. The summed E-state index contributed by atoms with van der Waals surface area (Å²) in [5.74, 6) is 0.865. The molecule has 0 aromatic heterocycles. The van der Waals surface area contributed by atoms with Gasteiger partial charge in [-0.1, -0.05) is 24.3 Å². The van der Waals surface area contributed by atoms with Crippen LogP contribution in [-0.4, -0.2) is 37.7 Å². The van der Waals surface area contributed by atoms with E-state index >= 15 is 0 Å². The predicted molar refractivity (Wildman–Crippen MR) is 79.2 cm³/mol. The second-order valence-corrected chi connectivity index (χ2v) is 4.97. The van der Waals surface area contributed by atoms with Gasteiger partial charge in [0.15, 0.2) is 0 Å². The lowest BCUT2D eigenvalue weighted by atomic mass is 10.0. The average molecular weight is 270 g/mol. The number of carbonyl (C=O) groups excluding carboxylic acids is 1. The Labute approximate surface area is 118 Å². The van der Waals surface area contributed by atoms with Crippen LogP contribution in [0.4, 0.5) is 4.79 Å². The third-order valence-corrected chi connectivity index (χ3v) is 3.78. The van der Waals surface area contributed by atoms with Crippen LogP contribution in [0.15, 0.2) is 36.4 Å². The monoisotopic (exact) mass is 270 g/mol. The van der Waals surface area contributed by atoms with E-state index in [1.807, 2.05) is 11.0 Å². The first-order valence-electron chi connectivity index (χ1n) is 6.86. The van der Waals surface area contributed by atoms with Crippen molar-refractivity contribution < 1.29 is 9.53 Å². The molecule has 3 rings (SSSR count). The molecule has 0 aliphatic carbocycles. The predicted octanol–water partition coefficient (Wildman–Crippen LogP) is 2.42. The van der Waals surface area contributed by atoms with Crippen molar-refractivity contribution in [3.8, 4) is 5.75 Å². The molecule has 1 saturated heterocycles. The van der Waals surface area contributed by atoms with Crippen molar-refractivity contribution in [2.45, 2.75) is 6.42 Å². The summed E-state index contributed by atoms with van der Waals surface area (Å²) in [6.07, 6.45) is 0.859. The van der Waals surface area contributed by atoms with E-state index in [0.717, 1.165) is 31.8 Å². The number of hydrogen-bond acceptors (Lipinski definition) is 2. The maximum atomic E-state index is 11.6. The summed E-state index contributed by atoms with van der Waals surface area (Å²) in [6, 6.07) is 12.4. The van der Waals surface area contributed by atoms with Gasteiger partial charge in [0.25, 0.3) is 0 Å². The smallest absolute Gasteiger partial charge is 0.317 e. The molecule has 4 heteroatoms. The quantitative estimate of drug-likeness (QED) is 0.927. The lowest BCUT2D eigenvalue weighted by Crippen LogP contribution is -2.30. The molecule has 104 valence electrons. The highest BCUT2D eigenvalue weighted by Crippen LogP contribution is 2.24.